The van der Waals surface area contributed by atoms with Crippen LogP contribution in [0.15, 0.2) is 18.2 Å². The Kier molecular flexibility index (Phi) is 3.60. The fraction of sp³-hybridized carbons (Fsp3) is 0.333. The number of carbonyl (C=O) groups is 2. The Hall–Kier alpha value is -2.19. The van der Waals surface area contributed by atoms with Gasteiger partial charge in [0.1, 0.15) is 12.4 Å². The van der Waals surface area contributed by atoms with Crippen molar-refractivity contribution in [3.8, 4) is 11.8 Å². The summed E-state index contributed by atoms with van der Waals surface area (Å²) in [4.78, 5) is 25.3. The summed E-state index contributed by atoms with van der Waals surface area (Å²) < 4.78 is 13.3. The number of halogens is 1. The van der Waals surface area contributed by atoms with Crippen LogP contribution in [0.2, 0.25) is 0 Å². The van der Waals surface area contributed by atoms with E-state index in [1.807, 2.05) is 0 Å². The van der Waals surface area contributed by atoms with Crippen LogP contribution in [-0.2, 0) is 9.59 Å². The summed E-state index contributed by atoms with van der Waals surface area (Å²) in [7, 11) is 0. The van der Waals surface area contributed by atoms with Crippen LogP contribution in [0, 0.1) is 23.1 Å². The van der Waals surface area contributed by atoms with E-state index in [-0.39, 0.29) is 36.1 Å². The summed E-state index contributed by atoms with van der Waals surface area (Å²) in [5.41, 5.74) is -0.306. The van der Waals surface area contributed by atoms with E-state index in [1.165, 1.54) is 12.1 Å². The molecule has 20 heavy (non-hydrogen) atoms. The van der Waals surface area contributed by atoms with E-state index in [2.05, 4.69) is 11.8 Å². The average Bonchev–Trinajstić information content (AvgIpc) is 2.57. The fourth-order valence-electron chi connectivity index (χ4n) is 2.13. The van der Waals surface area contributed by atoms with E-state index in [4.69, 9.17) is 5.11 Å². The van der Waals surface area contributed by atoms with E-state index >= 15 is 0 Å². The van der Waals surface area contributed by atoms with Crippen molar-refractivity contribution >= 4 is 17.5 Å². The smallest absolute Gasteiger partial charge is 0.239 e. The molecule has 0 aliphatic carbocycles. The third-order valence-electron chi connectivity index (χ3n) is 3.13. The third-order valence-corrected chi connectivity index (χ3v) is 3.13. The second-order valence-corrected chi connectivity index (χ2v) is 5.22. The zero-order valence-corrected chi connectivity index (χ0v) is 11.2. The van der Waals surface area contributed by atoms with Crippen molar-refractivity contribution in [2.24, 2.45) is 5.41 Å². The van der Waals surface area contributed by atoms with Gasteiger partial charge >= 0.3 is 0 Å². The molecule has 0 bridgehead atoms. The molecule has 4 nitrogen and oxygen atoms in total. The van der Waals surface area contributed by atoms with Crippen molar-refractivity contribution in [3.05, 3.63) is 29.6 Å². The minimum absolute atomic E-state index is 0.107. The molecule has 0 unspecified atom stereocenters. The Morgan fingerprint density at radius 3 is 2.65 bits per heavy atom. The molecule has 0 aromatic heterocycles. The Labute approximate surface area is 116 Å². The zero-order valence-electron chi connectivity index (χ0n) is 11.2. The van der Waals surface area contributed by atoms with Crippen molar-refractivity contribution in [2.75, 3.05) is 11.5 Å². The number of anilines is 1. The number of carbonyl (C=O) groups excluding carboxylic acids is 2. The van der Waals surface area contributed by atoms with Gasteiger partial charge in [-0.25, -0.2) is 9.29 Å². The van der Waals surface area contributed by atoms with E-state index in [0.29, 0.717) is 0 Å². The standard InChI is InChI=1S/C15H14FNO3/c1-15(2)9-13(19)17(14(15)20)12-6-5-11(16)8-10(12)4-3-7-18/h5-6,8,18H,7,9H2,1-2H3. The lowest BCUT2D eigenvalue weighted by Crippen LogP contribution is -2.33. The summed E-state index contributed by atoms with van der Waals surface area (Å²) in [5.74, 6) is 3.77. The van der Waals surface area contributed by atoms with Crippen LogP contribution in [0.3, 0.4) is 0 Å². The van der Waals surface area contributed by atoms with Gasteiger partial charge in [0.15, 0.2) is 0 Å². The molecule has 2 amide bonds. The third kappa shape index (κ3) is 2.43. The Bertz CT molecular complexity index is 640. The molecule has 1 aromatic carbocycles. The highest BCUT2D eigenvalue weighted by atomic mass is 19.1. The van der Waals surface area contributed by atoms with Gasteiger partial charge in [0.25, 0.3) is 0 Å². The highest BCUT2D eigenvalue weighted by molar-refractivity contribution is 6.22. The Balaban J connectivity index is 2.53. The van der Waals surface area contributed by atoms with Crippen LogP contribution in [-0.4, -0.2) is 23.5 Å². The van der Waals surface area contributed by atoms with Crippen molar-refractivity contribution in [1.29, 1.82) is 0 Å². The largest absolute Gasteiger partial charge is 0.384 e. The number of aliphatic hydroxyl groups excluding tert-OH is 1. The molecule has 0 spiro atoms. The van der Waals surface area contributed by atoms with Crippen molar-refractivity contribution in [2.45, 2.75) is 20.3 Å². The van der Waals surface area contributed by atoms with Gasteiger partial charge in [-0.1, -0.05) is 25.7 Å². The second kappa shape index (κ2) is 5.06. The van der Waals surface area contributed by atoms with Gasteiger partial charge in [-0.2, -0.15) is 0 Å². The monoisotopic (exact) mass is 275 g/mol. The lowest BCUT2D eigenvalue weighted by atomic mass is 9.92. The molecular formula is C15H14FNO3. The van der Waals surface area contributed by atoms with Crippen LogP contribution in [0.4, 0.5) is 10.1 Å². The lowest BCUT2D eigenvalue weighted by molar-refractivity contribution is -0.124. The fourth-order valence-corrected chi connectivity index (χ4v) is 2.13. The van der Waals surface area contributed by atoms with E-state index in [9.17, 15) is 14.0 Å². The van der Waals surface area contributed by atoms with E-state index in [0.717, 1.165) is 11.0 Å². The maximum absolute atomic E-state index is 13.3. The highest BCUT2D eigenvalue weighted by Gasteiger charge is 2.46. The molecular weight excluding hydrogens is 261 g/mol. The number of rotatable bonds is 1. The maximum atomic E-state index is 13.3. The number of benzene rings is 1. The molecule has 2 rings (SSSR count). The number of hydrogen-bond acceptors (Lipinski definition) is 3. The molecule has 104 valence electrons. The van der Waals surface area contributed by atoms with Crippen molar-refractivity contribution in [3.63, 3.8) is 0 Å². The summed E-state index contributed by atoms with van der Waals surface area (Å²) in [6, 6.07) is 3.67. The molecule has 0 radical (unpaired) electrons. The number of imide groups is 1. The van der Waals surface area contributed by atoms with Crippen LogP contribution in [0.25, 0.3) is 0 Å². The molecule has 0 saturated carbocycles. The van der Waals surface area contributed by atoms with E-state index < -0.39 is 11.2 Å². The number of aliphatic hydroxyl groups is 1. The first-order chi connectivity index (χ1) is 9.36. The summed E-state index contributed by atoms with van der Waals surface area (Å²) in [6.07, 6.45) is 0.107. The molecule has 1 aromatic rings. The topological polar surface area (TPSA) is 57.6 Å². The normalized spacial score (nSPS) is 17.1. The van der Waals surface area contributed by atoms with Crippen molar-refractivity contribution < 1.29 is 19.1 Å². The number of nitrogens with zero attached hydrogens (tertiary/aromatic N) is 1. The average molecular weight is 275 g/mol. The molecule has 1 heterocycles. The molecule has 1 aliphatic rings. The second-order valence-electron chi connectivity index (χ2n) is 5.22. The Morgan fingerprint density at radius 1 is 1.40 bits per heavy atom. The molecule has 1 N–H and O–H groups in total. The van der Waals surface area contributed by atoms with Gasteiger partial charge in [0, 0.05) is 6.42 Å². The predicted octanol–water partition coefficient (Wildman–Crippen LogP) is 1.46. The van der Waals surface area contributed by atoms with Crippen LogP contribution in [0.1, 0.15) is 25.8 Å². The SMILES string of the molecule is CC1(C)CC(=O)N(c2ccc(F)cc2C#CCO)C1=O. The number of amides is 2. The number of hydrogen-bond donors (Lipinski definition) is 1. The maximum Gasteiger partial charge on any atom is 0.239 e. The van der Waals surface area contributed by atoms with Crippen LogP contribution >= 0.6 is 0 Å². The van der Waals surface area contributed by atoms with Crippen molar-refractivity contribution in [1.82, 2.24) is 0 Å². The molecule has 5 heteroatoms. The highest BCUT2D eigenvalue weighted by Crippen LogP contribution is 2.36. The van der Waals surface area contributed by atoms with Gasteiger partial charge in [-0.3, -0.25) is 9.59 Å². The van der Waals surface area contributed by atoms with Gasteiger partial charge in [-0.15, -0.1) is 0 Å². The summed E-state index contributed by atoms with van der Waals surface area (Å²) in [6.45, 7) is 3.00. The first kappa shape index (κ1) is 14.2. The summed E-state index contributed by atoms with van der Waals surface area (Å²) in [5, 5.41) is 8.73. The molecule has 1 fully saturated rings. The summed E-state index contributed by atoms with van der Waals surface area (Å²) >= 11 is 0. The molecule has 1 aliphatic heterocycles. The van der Waals surface area contributed by atoms with Gasteiger partial charge in [-0.05, 0) is 18.2 Å². The minimum Gasteiger partial charge on any atom is -0.384 e. The van der Waals surface area contributed by atoms with Crippen LogP contribution in [0.5, 0.6) is 0 Å². The van der Waals surface area contributed by atoms with Gasteiger partial charge in [0.05, 0.1) is 16.7 Å². The van der Waals surface area contributed by atoms with Gasteiger partial charge in [0.2, 0.25) is 11.8 Å². The Morgan fingerprint density at radius 2 is 2.10 bits per heavy atom. The quantitative estimate of drug-likeness (QED) is 0.623. The molecule has 1 saturated heterocycles. The molecule has 0 atom stereocenters. The first-order valence-corrected chi connectivity index (χ1v) is 6.13. The first-order valence-electron chi connectivity index (χ1n) is 6.13. The minimum atomic E-state index is -0.771. The zero-order chi connectivity index (χ0) is 14.9. The lowest BCUT2D eigenvalue weighted by Gasteiger charge is -2.19. The van der Waals surface area contributed by atoms with Crippen LogP contribution < -0.4 is 4.90 Å². The van der Waals surface area contributed by atoms with E-state index in [1.54, 1.807) is 13.8 Å². The predicted molar refractivity (Wildman–Crippen MR) is 71.3 cm³/mol. The van der Waals surface area contributed by atoms with Gasteiger partial charge < -0.3 is 5.11 Å².